The molecule has 1 saturated heterocycles. The fourth-order valence-corrected chi connectivity index (χ4v) is 4.34. The van der Waals surface area contributed by atoms with Gasteiger partial charge in [0.05, 0.1) is 5.69 Å². The zero-order valence-corrected chi connectivity index (χ0v) is 23.7. The second kappa shape index (κ2) is 12.7. The van der Waals surface area contributed by atoms with E-state index < -0.39 is 5.60 Å². The van der Waals surface area contributed by atoms with Gasteiger partial charge in [0.1, 0.15) is 11.8 Å². The smallest absolute Gasteiger partial charge is 0.410 e. The van der Waals surface area contributed by atoms with Gasteiger partial charge in [0.25, 0.3) is 0 Å². The highest BCUT2D eigenvalue weighted by molar-refractivity contribution is 5.67. The molecule has 1 amide bonds. The van der Waals surface area contributed by atoms with Gasteiger partial charge in [0, 0.05) is 56.7 Å². The second-order valence-corrected chi connectivity index (χ2v) is 11.3. The summed E-state index contributed by atoms with van der Waals surface area (Å²) in [6, 6.07) is 8.17. The Hall–Kier alpha value is -2.68. The molecule has 0 aliphatic carbocycles. The number of aromatic nitrogens is 2. The fraction of sp³-hybridized carbons (Fsp3) is 0.586. The molecule has 1 fully saturated rings. The molecular weight excluding hydrogens is 466 g/mol. The maximum Gasteiger partial charge on any atom is 0.410 e. The Balaban J connectivity index is 1.80. The predicted octanol–water partition coefficient (Wildman–Crippen LogP) is 5.51. The van der Waals surface area contributed by atoms with Crippen LogP contribution < -0.4 is 5.73 Å². The van der Waals surface area contributed by atoms with E-state index in [-0.39, 0.29) is 18.4 Å². The quantitative estimate of drug-likeness (QED) is 0.447. The van der Waals surface area contributed by atoms with Crippen molar-refractivity contribution < 1.29 is 14.3 Å². The lowest BCUT2D eigenvalue weighted by Crippen LogP contribution is -2.38. The molecule has 0 saturated carbocycles. The van der Waals surface area contributed by atoms with Gasteiger partial charge in [-0.05, 0) is 72.6 Å². The van der Waals surface area contributed by atoms with Crippen LogP contribution in [0.3, 0.4) is 0 Å². The number of nitrogens with zero attached hydrogens (tertiary/aromatic N) is 4. The van der Waals surface area contributed by atoms with Gasteiger partial charge in [-0.15, -0.1) is 0 Å². The highest BCUT2D eigenvalue weighted by Crippen LogP contribution is 2.30. The highest BCUT2D eigenvalue weighted by Gasteiger charge is 2.22. The first kappa shape index (κ1) is 28.9. The van der Waals surface area contributed by atoms with Crippen LogP contribution in [0.4, 0.5) is 4.79 Å². The minimum Gasteiger partial charge on any atom is -0.444 e. The van der Waals surface area contributed by atoms with Crippen molar-refractivity contribution in [3.63, 3.8) is 0 Å². The van der Waals surface area contributed by atoms with Gasteiger partial charge < -0.3 is 25.0 Å². The average molecular weight is 512 g/mol. The Morgan fingerprint density at radius 3 is 2.68 bits per heavy atom. The van der Waals surface area contributed by atoms with Crippen molar-refractivity contribution >= 4 is 6.09 Å². The number of rotatable bonds is 9. The molecule has 2 heterocycles. The van der Waals surface area contributed by atoms with Crippen LogP contribution in [-0.2, 0) is 16.0 Å². The Labute approximate surface area is 222 Å². The number of benzene rings is 1. The van der Waals surface area contributed by atoms with E-state index in [1.54, 1.807) is 11.9 Å². The monoisotopic (exact) mass is 511 g/mol. The van der Waals surface area contributed by atoms with Crippen molar-refractivity contribution in [2.75, 3.05) is 33.8 Å². The van der Waals surface area contributed by atoms with Gasteiger partial charge in [0.15, 0.2) is 0 Å². The van der Waals surface area contributed by atoms with Gasteiger partial charge in [0.2, 0.25) is 0 Å². The van der Waals surface area contributed by atoms with Crippen LogP contribution in [0, 0.1) is 0 Å². The molecular formula is C29H45N5O3. The maximum absolute atomic E-state index is 12.3. The summed E-state index contributed by atoms with van der Waals surface area (Å²) in [7, 11) is 3.83. The summed E-state index contributed by atoms with van der Waals surface area (Å²) < 4.78 is 13.5. The summed E-state index contributed by atoms with van der Waals surface area (Å²) in [5.74, 6) is 0. The molecule has 0 bridgehead atoms. The summed E-state index contributed by atoms with van der Waals surface area (Å²) in [5, 5.41) is 5.01. The highest BCUT2D eigenvalue weighted by atomic mass is 16.6. The molecule has 2 atom stereocenters. The Morgan fingerprint density at radius 1 is 1.27 bits per heavy atom. The van der Waals surface area contributed by atoms with Crippen molar-refractivity contribution in [1.29, 1.82) is 0 Å². The molecule has 1 aromatic carbocycles. The number of carbonyl (C=O) groups is 1. The molecule has 1 aliphatic rings. The molecule has 37 heavy (non-hydrogen) atoms. The van der Waals surface area contributed by atoms with Crippen LogP contribution in [0.15, 0.2) is 42.1 Å². The van der Waals surface area contributed by atoms with Gasteiger partial charge in [-0.1, -0.05) is 29.8 Å². The van der Waals surface area contributed by atoms with Gasteiger partial charge in [-0.3, -0.25) is 0 Å². The first-order valence-electron chi connectivity index (χ1n) is 13.3. The molecule has 204 valence electrons. The number of hydrogen-bond donors (Lipinski definition) is 1. The van der Waals surface area contributed by atoms with Crippen LogP contribution in [0.5, 0.6) is 0 Å². The molecule has 2 aromatic rings. The number of ether oxygens (including phenoxy) is 2. The lowest BCUT2D eigenvalue weighted by atomic mass is 10.00. The van der Waals surface area contributed by atoms with E-state index in [0.29, 0.717) is 19.6 Å². The summed E-state index contributed by atoms with van der Waals surface area (Å²) in [6.45, 7) is 12.5. The van der Waals surface area contributed by atoms with E-state index in [0.717, 1.165) is 48.3 Å². The first-order valence-corrected chi connectivity index (χ1v) is 13.3. The third-order valence-corrected chi connectivity index (χ3v) is 6.28. The van der Waals surface area contributed by atoms with E-state index in [1.165, 1.54) is 5.57 Å². The molecule has 3 rings (SSSR count). The largest absolute Gasteiger partial charge is 0.444 e. The van der Waals surface area contributed by atoms with Crippen LogP contribution in [0.2, 0.25) is 0 Å². The van der Waals surface area contributed by atoms with Crippen molar-refractivity contribution in [3.05, 3.63) is 53.2 Å². The number of carbonyl (C=O) groups excluding carboxylic acids is 1. The van der Waals surface area contributed by atoms with E-state index in [4.69, 9.17) is 20.3 Å². The van der Waals surface area contributed by atoms with Crippen molar-refractivity contribution in [2.24, 2.45) is 5.73 Å². The van der Waals surface area contributed by atoms with Gasteiger partial charge in [-0.2, -0.15) is 5.10 Å². The normalized spacial score (nSPS) is 16.9. The third-order valence-electron chi connectivity index (χ3n) is 6.28. The SMILES string of the molecule is CC(C)=CC(N)c1cccc(-c2nn(C3CCCCO3)cc2CN(C)CCN(C)C(=O)OC(C)(C)C)c1. The molecule has 8 nitrogen and oxygen atoms in total. The van der Waals surface area contributed by atoms with E-state index in [1.807, 2.05) is 31.5 Å². The molecule has 8 heteroatoms. The zero-order valence-electron chi connectivity index (χ0n) is 23.7. The summed E-state index contributed by atoms with van der Waals surface area (Å²) in [6.07, 6.45) is 7.03. The lowest BCUT2D eigenvalue weighted by molar-refractivity contribution is -0.0394. The molecule has 1 aliphatic heterocycles. The third kappa shape index (κ3) is 8.69. The topological polar surface area (TPSA) is 85.9 Å². The van der Waals surface area contributed by atoms with Crippen LogP contribution in [0.25, 0.3) is 11.3 Å². The van der Waals surface area contributed by atoms with E-state index >= 15 is 0 Å². The van der Waals surface area contributed by atoms with E-state index in [9.17, 15) is 4.79 Å². The van der Waals surface area contributed by atoms with Crippen LogP contribution in [0.1, 0.15) is 77.3 Å². The van der Waals surface area contributed by atoms with Gasteiger partial charge >= 0.3 is 6.09 Å². The summed E-state index contributed by atoms with van der Waals surface area (Å²) in [4.78, 5) is 16.2. The fourth-order valence-electron chi connectivity index (χ4n) is 4.34. The zero-order chi connectivity index (χ0) is 27.2. The maximum atomic E-state index is 12.3. The molecule has 2 N–H and O–H groups in total. The van der Waals surface area contributed by atoms with Crippen LogP contribution in [-0.4, -0.2) is 65.1 Å². The Kier molecular flexibility index (Phi) is 9.93. The molecule has 0 spiro atoms. The Morgan fingerprint density at radius 2 is 2.03 bits per heavy atom. The van der Waals surface area contributed by atoms with Crippen molar-refractivity contribution in [3.8, 4) is 11.3 Å². The minimum atomic E-state index is -0.509. The summed E-state index contributed by atoms with van der Waals surface area (Å²) in [5.41, 5.74) is 11.3. The number of likely N-dealkylation sites (N-methyl/N-ethyl adjacent to an activating group) is 2. The number of amides is 1. The molecule has 2 unspecified atom stereocenters. The lowest BCUT2D eigenvalue weighted by Gasteiger charge is -2.26. The van der Waals surface area contributed by atoms with Crippen molar-refractivity contribution in [2.45, 2.75) is 78.3 Å². The number of hydrogen-bond acceptors (Lipinski definition) is 6. The van der Waals surface area contributed by atoms with Gasteiger partial charge in [-0.25, -0.2) is 9.48 Å². The average Bonchev–Trinajstić information content (AvgIpc) is 3.25. The van der Waals surface area contributed by atoms with Crippen LogP contribution >= 0.6 is 0 Å². The summed E-state index contributed by atoms with van der Waals surface area (Å²) >= 11 is 0. The number of allylic oxidation sites excluding steroid dienone is 1. The predicted molar refractivity (Wildman–Crippen MR) is 148 cm³/mol. The van der Waals surface area contributed by atoms with E-state index in [2.05, 4.69) is 56.3 Å². The standard InChI is InChI=1S/C29H45N5O3/c1-21(2)17-25(30)22-11-10-12-23(18-22)27-24(20-34(31-27)26-13-8-9-16-36-26)19-32(6)14-15-33(7)28(35)37-29(3,4)5/h10-12,17-18,20,25-26H,8-9,13-16,19,30H2,1-7H3. The molecule has 0 radical (unpaired) electrons. The minimum absolute atomic E-state index is 0.0408. The Bertz CT molecular complexity index is 1060. The number of nitrogens with two attached hydrogens (primary N) is 1. The second-order valence-electron chi connectivity index (χ2n) is 11.3. The molecule has 1 aromatic heterocycles. The first-order chi connectivity index (χ1) is 17.4. The van der Waals surface area contributed by atoms with Crippen molar-refractivity contribution in [1.82, 2.24) is 19.6 Å².